The van der Waals surface area contributed by atoms with Gasteiger partial charge in [-0.25, -0.2) is 0 Å². The minimum atomic E-state index is -3.67. The van der Waals surface area contributed by atoms with Gasteiger partial charge in [-0.15, -0.1) is 4.40 Å². The van der Waals surface area contributed by atoms with E-state index in [4.69, 9.17) is 11.6 Å². The summed E-state index contributed by atoms with van der Waals surface area (Å²) in [4.78, 5) is 15.0. The van der Waals surface area contributed by atoms with Gasteiger partial charge in [-0.2, -0.15) is 8.42 Å². The van der Waals surface area contributed by atoms with Crippen LogP contribution in [-0.4, -0.2) is 38.2 Å². The fraction of sp³-hybridized carbons (Fsp3) is 0.300. The smallest absolute Gasteiger partial charge is 0.285 e. The lowest BCUT2D eigenvalue weighted by Crippen LogP contribution is -2.43. The number of nitrogens with zero attached hydrogens (tertiary/aromatic N) is 2. The number of amidine groups is 1. The number of piperidine rings is 1. The van der Waals surface area contributed by atoms with Crippen LogP contribution in [0.2, 0.25) is 5.02 Å². The Balaban J connectivity index is 1.54. The van der Waals surface area contributed by atoms with Gasteiger partial charge in [0.05, 0.1) is 5.92 Å². The van der Waals surface area contributed by atoms with Gasteiger partial charge in [0.15, 0.2) is 5.84 Å². The van der Waals surface area contributed by atoms with Crippen molar-refractivity contribution in [2.45, 2.75) is 24.7 Å². The molecule has 1 fully saturated rings. The van der Waals surface area contributed by atoms with Crippen LogP contribution in [0.5, 0.6) is 0 Å². The molecule has 8 heteroatoms. The van der Waals surface area contributed by atoms with E-state index in [0.29, 0.717) is 35.2 Å². The van der Waals surface area contributed by atoms with Crippen molar-refractivity contribution < 1.29 is 13.2 Å². The number of hydrogen-bond donors (Lipinski definition) is 1. The SMILES string of the molecule is Cc1ccc(Cl)cc1NC(=O)C1CCCN(C2=NS(=O)(=O)c3ccccc32)C1. The van der Waals surface area contributed by atoms with Crippen molar-refractivity contribution in [2.75, 3.05) is 18.4 Å². The number of sulfonamides is 1. The zero-order valence-corrected chi connectivity index (χ0v) is 16.9. The van der Waals surface area contributed by atoms with Crippen molar-refractivity contribution in [2.24, 2.45) is 10.3 Å². The lowest BCUT2D eigenvalue weighted by Gasteiger charge is -2.33. The third kappa shape index (κ3) is 3.52. The molecule has 2 aliphatic rings. The van der Waals surface area contributed by atoms with Gasteiger partial charge in [-0.05, 0) is 49.6 Å². The van der Waals surface area contributed by atoms with Gasteiger partial charge in [0, 0.05) is 29.4 Å². The Morgan fingerprint density at radius 1 is 1.25 bits per heavy atom. The molecule has 28 heavy (non-hydrogen) atoms. The lowest BCUT2D eigenvalue weighted by atomic mass is 9.96. The molecular weight excluding hydrogens is 398 g/mol. The van der Waals surface area contributed by atoms with Crippen molar-refractivity contribution in [1.82, 2.24) is 4.90 Å². The zero-order chi connectivity index (χ0) is 19.9. The first kappa shape index (κ1) is 19.0. The molecule has 2 aromatic rings. The summed E-state index contributed by atoms with van der Waals surface area (Å²) in [5.74, 6) is 0.0853. The Morgan fingerprint density at radius 2 is 2.04 bits per heavy atom. The Hall–Kier alpha value is -2.38. The molecule has 4 rings (SSSR count). The minimum absolute atomic E-state index is 0.0928. The molecule has 2 heterocycles. The molecule has 1 amide bonds. The van der Waals surface area contributed by atoms with Gasteiger partial charge in [0.2, 0.25) is 5.91 Å². The van der Waals surface area contributed by atoms with Crippen LogP contribution in [0.25, 0.3) is 0 Å². The first-order chi connectivity index (χ1) is 13.3. The molecule has 0 saturated carbocycles. The second-order valence-electron chi connectivity index (χ2n) is 7.12. The number of carbonyl (C=O) groups excluding carboxylic acids is 1. The van der Waals surface area contributed by atoms with Crippen LogP contribution in [0.3, 0.4) is 0 Å². The van der Waals surface area contributed by atoms with Crippen LogP contribution in [-0.2, 0) is 14.8 Å². The highest BCUT2D eigenvalue weighted by Gasteiger charge is 2.35. The monoisotopic (exact) mass is 417 g/mol. The molecule has 146 valence electrons. The van der Waals surface area contributed by atoms with E-state index < -0.39 is 10.0 Å². The van der Waals surface area contributed by atoms with Crippen LogP contribution in [0, 0.1) is 12.8 Å². The zero-order valence-electron chi connectivity index (χ0n) is 15.4. The van der Waals surface area contributed by atoms with Gasteiger partial charge in [-0.3, -0.25) is 4.79 Å². The highest BCUT2D eigenvalue weighted by molar-refractivity contribution is 7.90. The van der Waals surface area contributed by atoms with Crippen molar-refractivity contribution in [1.29, 1.82) is 0 Å². The Labute approximate surface area is 169 Å². The molecule has 1 saturated heterocycles. The Morgan fingerprint density at radius 3 is 2.86 bits per heavy atom. The standard InChI is InChI=1S/C20H20ClN3O3S/c1-13-8-9-15(21)11-17(13)22-20(25)14-5-4-10-24(12-14)19-16-6-2-3-7-18(16)28(26,27)23-19/h2-3,6-9,11,14H,4-5,10,12H2,1H3,(H,22,25). The summed E-state index contributed by atoms with van der Waals surface area (Å²) >= 11 is 6.04. The van der Waals surface area contributed by atoms with E-state index >= 15 is 0 Å². The molecule has 1 N–H and O–H groups in total. The number of rotatable bonds is 2. The normalized spacial score (nSPS) is 20.4. The largest absolute Gasteiger partial charge is 0.355 e. The average Bonchev–Trinajstić information content (AvgIpc) is 2.96. The number of fused-ring (bicyclic) bond motifs is 1. The van der Waals surface area contributed by atoms with Crippen molar-refractivity contribution in [3.05, 3.63) is 58.6 Å². The molecular formula is C20H20ClN3O3S. The van der Waals surface area contributed by atoms with E-state index in [2.05, 4.69) is 9.71 Å². The van der Waals surface area contributed by atoms with E-state index in [1.54, 1.807) is 36.4 Å². The maximum atomic E-state index is 12.8. The topological polar surface area (TPSA) is 78.8 Å². The fourth-order valence-electron chi connectivity index (χ4n) is 3.66. The number of aryl methyl sites for hydroxylation is 1. The highest BCUT2D eigenvalue weighted by atomic mass is 35.5. The van der Waals surface area contributed by atoms with Crippen molar-refractivity contribution >= 4 is 39.1 Å². The van der Waals surface area contributed by atoms with Crippen LogP contribution in [0.1, 0.15) is 24.0 Å². The molecule has 1 atom stereocenters. The number of benzene rings is 2. The highest BCUT2D eigenvalue weighted by Crippen LogP contribution is 2.30. The number of hydrogen-bond acceptors (Lipinski definition) is 4. The minimum Gasteiger partial charge on any atom is -0.355 e. The number of halogens is 1. The number of likely N-dealkylation sites (tertiary alicyclic amines) is 1. The molecule has 0 bridgehead atoms. The Kier molecular flexibility index (Phi) is 4.89. The van der Waals surface area contributed by atoms with E-state index in [9.17, 15) is 13.2 Å². The van der Waals surface area contributed by atoms with Crippen LogP contribution in [0.4, 0.5) is 5.69 Å². The van der Waals surface area contributed by atoms with E-state index in [1.807, 2.05) is 17.9 Å². The van der Waals surface area contributed by atoms with Crippen molar-refractivity contribution in [3.8, 4) is 0 Å². The maximum absolute atomic E-state index is 12.8. The third-order valence-electron chi connectivity index (χ3n) is 5.16. The first-order valence-corrected chi connectivity index (χ1v) is 10.9. The molecule has 0 radical (unpaired) electrons. The summed E-state index contributed by atoms with van der Waals surface area (Å²) in [6, 6.07) is 12.2. The van der Waals surface area contributed by atoms with Gasteiger partial charge < -0.3 is 10.2 Å². The number of nitrogens with one attached hydrogen (secondary N) is 1. The van der Waals surface area contributed by atoms with Gasteiger partial charge in [0.1, 0.15) is 4.90 Å². The van der Waals surface area contributed by atoms with Crippen LogP contribution in [0.15, 0.2) is 51.8 Å². The predicted molar refractivity (Wildman–Crippen MR) is 109 cm³/mol. The quantitative estimate of drug-likeness (QED) is 0.811. The van der Waals surface area contributed by atoms with E-state index in [0.717, 1.165) is 18.4 Å². The molecule has 2 aliphatic heterocycles. The first-order valence-electron chi connectivity index (χ1n) is 9.11. The van der Waals surface area contributed by atoms with Gasteiger partial charge >= 0.3 is 0 Å². The molecule has 0 aromatic heterocycles. The fourth-order valence-corrected chi connectivity index (χ4v) is 5.06. The second kappa shape index (κ2) is 7.22. The van der Waals surface area contributed by atoms with E-state index in [1.165, 1.54) is 0 Å². The second-order valence-corrected chi connectivity index (χ2v) is 9.13. The molecule has 0 aliphatic carbocycles. The van der Waals surface area contributed by atoms with Gasteiger partial charge in [0.25, 0.3) is 10.0 Å². The summed E-state index contributed by atoms with van der Waals surface area (Å²) in [5, 5.41) is 3.52. The number of carbonyl (C=O) groups is 1. The van der Waals surface area contributed by atoms with Gasteiger partial charge in [-0.1, -0.05) is 29.8 Å². The molecule has 6 nitrogen and oxygen atoms in total. The maximum Gasteiger partial charge on any atom is 0.285 e. The summed E-state index contributed by atoms with van der Waals surface area (Å²) in [6.07, 6.45) is 1.53. The lowest BCUT2D eigenvalue weighted by molar-refractivity contribution is -0.121. The molecule has 2 aromatic carbocycles. The van der Waals surface area contributed by atoms with Crippen molar-refractivity contribution in [3.63, 3.8) is 0 Å². The third-order valence-corrected chi connectivity index (χ3v) is 6.72. The van der Waals surface area contributed by atoms with Crippen LogP contribution >= 0.6 is 11.6 Å². The summed E-state index contributed by atoms with van der Waals surface area (Å²) in [5.41, 5.74) is 2.24. The molecule has 0 spiro atoms. The Bertz CT molecular complexity index is 1080. The number of anilines is 1. The summed E-state index contributed by atoms with van der Waals surface area (Å²) in [6.45, 7) is 3.00. The average molecular weight is 418 g/mol. The summed E-state index contributed by atoms with van der Waals surface area (Å²) in [7, 11) is -3.67. The molecule has 1 unspecified atom stereocenters. The number of amides is 1. The summed E-state index contributed by atoms with van der Waals surface area (Å²) < 4.78 is 28.6. The van der Waals surface area contributed by atoms with Crippen LogP contribution < -0.4 is 5.32 Å². The van der Waals surface area contributed by atoms with E-state index in [-0.39, 0.29) is 16.7 Å². The predicted octanol–water partition coefficient (Wildman–Crippen LogP) is 3.45.